The maximum atomic E-state index is 12.4. The van der Waals surface area contributed by atoms with Crippen LogP contribution in [0.2, 0.25) is 0 Å². The van der Waals surface area contributed by atoms with E-state index in [9.17, 15) is 23.4 Å². The first-order chi connectivity index (χ1) is 15.2. The minimum atomic E-state index is -4.73. The molecule has 0 aliphatic carbocycles. The molecular weight excluding hydrogens is 423 g/mol. The van der Waals surface area contributed by atoms with Gasteiger partial charge in [0.2, 0.25) is 0 Å². The topological polar surface area (TPSA) is 77.9 Å². The van der Waals surface area contributed by atoms with Crippen molar-refractivity contribution in [3.63, 3.8) is 0 Å². The molecule has 1 aliphatic heterocycles. The van der Waals surface area contributed by atoms with Crippen LogP contribution < -0.4 is 15.0 Å². The van der Waals surface area contributed by atoms with Crippen molar-refractivity contribution in [1.29, 1.82) is 0 Å². The molecule has 3 N–H and O–H groups in total. The Labute approximate surface area is 186 Å². The first kappa shape index (κ1) is 24.1. The number of alkyl halides is 3. The summed E-state index contributed by atoms with van der Waals surface area (Å²) in [6, 6.07) is 7.48. The summed E-state index contributed by atoms with van der Waals surface area (Å²) in [7, 11) is 0. The molecule has 1 fully saturated rings. The number of hydrogen-bond acceptors (Lipinski definition) is 6. The Hall–Kier alpha value is -2.52. The van der Waals surface area contributed by atoms with Gasteiger partial charge in [0, 0.05) is 36.2 Å². The molecule has 2 aromatic rings. The average Bonchev–Trinajstić information content (AvgIpc) is 2.73. The number of hydrogen-bond donors (Lipinski definition) is 3. The molecule has 0 spiro atoms. The van der Waals surface area contributed by atoms with E-state index in [0.29, 0.717) is 30.5 Å². The Kier molecular flexibility index (Phi) is 7.51. The Morgan fingerprint density at radius 2 is 1.72 bits per heavy atom. The zero-order valence-electron chi connectivity index (χ0n) is 18.3. The van der Waals surface area contributed by atoms with Crippen LogP contribution in [0.15, 0.2) is 36.5 Å². The van der Waals surface area contributed by atoms with Gasteiger partial charge in [-0.1, -0.05) is 26.7 Å². The summed E-state index contributed by atoms with van der Waals surface area (Å²) in [6.07, 6.45) is -0.249. The van der Waals surface area contributed by atoms with Gasteiger partial charge in [-0.2, -0.15) is 0 Å². The van der Waals surface area contributed by atoms with Crippen molar-refractivity contribution in [3.05, 3.63) is 42.1 Å². The Bertz CT molecular complexity index is 874. The number of pyridine rings is 1. The highest BCUT2D eigenvalue weighted by atomic mass is 19.4. The van der Waals surface area contributed by atoms with Gasteiger partial charge in [0.25, 0.3) is 0 Å². The van der Waals surface area contributed by atoms with E-state index in [4.69, 9.17) is 0 Å². The number of aliphatic hydroxyl groups excluding tert-OH is 2. The van der Waals surface area contributed by atoms with Crippen LogP contribution in [-0.2, 0) is 6.42 Å². The van der Waals surface area contributed by atoms with Gasteiger partial charge in [-0.15, -0.1) is 13.2 Å². The van der Waals surface area contributed by atoms with Crippen LogP contribution in [0.3, 0.4) is 0 Å². The summed E-state index contributed by atoms with van der Waals surface area (Å²) in [5.41, 5.74) is 2.10. The first-order valence-corrected chi connectivity index (χ1v) is 10.8. The maximum Gasteiger partial charge on any atom is 0.573 e. The van der Waals surface area contributed by atoms with Gasteiger partial charge in [0.05, 0.1) is 18.6 Å². The lowest BCUT2D eigenvalue weighted by molar-refractivity contribution is -0.274. The number of anilines is 3. The average molecular weight is 454 g/mol. The lowest BCUT2D eigenvalue weighted by Gasteiger charge is -2.50. The molecule has 0 unspecified atom stereocenters. The molecule has 0 saturated carbocycles. The zero-order valence-corrected chi connectivity index (χ0v) is 18.3. The predicted molar refractivity (Wildman–Crippen MR) is 117 cm³/mol. The quantitative estimate of drug-likeness (QED) is 0.492. The summed E-state index contributed by atoms with van der Waals surface area (Å²) in [5, 5.41) is 22.5. The molecule has 176 valence electrons. The maximum absolute atomic E-state index is 12.4. The Morgan fingerprint density at radius 1 is 1.09 bits per heavy atom. The number of nitrogens with zero attached hydrogens (tertiary/aromatic N) is 2. The highest BCUT2D eigenvalue weighted by molar-refractivity contribution is 5.69. The number of benzene rings is 1. The van der Waals surface area contributed by atoms with Crippen LogP contribution in [0.4, 0.5) is 30.4 Å². The second-order valence-corrected chi connectivity index (χ2v) is 8.41. The molecule has 32 heavy (non-hydrogen) atoms. The fourth-order valence-electron chi connectivity index (χ4n) is 4.01. The van der Waals surface area contributed by atoms with Crippen LogP contribution in [0.25, 0.3) is 0 Å². The molecule has 0 amide bonds. The summed E-state index contributed by atoms with van der Waals surface area (Å²) >= 11 is 0. The van der Waals surface area contributed by atoms with Gasteiger partial charge in [0.15, 0.2) is 0 Å². The second-order valence-electron chi connectivity index (χ2n) is 8.41. The Morgan fingerprint density at radius 3 is 2.25 bits per heavy atom. The van der Waals surface area contributed by atoms with Crippen molar-refractivity contribution in [2.75, 3.05) is 36.5 Å². The van der Waals surface area contributed by atoms with Gasteiger partial charge < -0.3 is 25.2 Å². The standard InChI is InChI=1S/C23H30F3N3O3/c1-3-16(4-2)11-19-20(29-12-22(13-29,14-30)15-31)9-10-27-21(19)28-17-5-7-18(8-6-17)32-23(24,25)26/h5-10,16,30-31H,3-4,11-15H2,1-2H3,(H,27,28). The van der Waals surface area contributed by atoms with Crippen LogP contribution >= 0.6 is 0 Å². The van der Waals surface area contributed by atoms with Crippen LogP contribution in [0, 0.1) is 11.3 Å². The van der Waals surface area contributed by atoms with Crippen LogP contribution in [0.5, 0.6) is 5.75 Å². The number of ether oxygens (including phenoxy) is 1. The lowest BCUT2D eigenvalue weighted by Crippen LogP contribution is -2.60. The van der Waals surface area contributed by atoms with E-state index in [-0.39, 0.29) is 19.0 Å². The molecule has 6 nitrogen and oxygen atoms in total. The van der Waals surface area contributed by atoms with Crippen molar-refractivity contribution in [3.8, 4) is 5.75 Å². The fourth-order valence-corrected chi connectivity index (χ4v) is 4.01. The van der Waals surface area contributed by atoms with Gasteiger partial charge in [0.1, 0.15) is 11.6 Å². The summed E-state index contributed by atoms with van der Waals surface area (Å²) in [4.78, 5) is 6.63. The molecule has 0 atom stereocenters. The molecule has 1 aliphatic rings. The summed E-state index contributed by atoms with van der Waals surface area (Å²) in [5.74, 6) is 0.805. The van der Waals surface area contributed by atoms with Crippen molar-refractivity contribution in [1.82, 2.24) is 4.98 Å². The monoisotopic (exact) mass is 453 g/mol. The van der Waals surface area contributed by atoms with Crippen molar-refractivity contribution in [2.24, 2.45) is 11.3 Å². The molecule has 0 radical (unpaired) electrons. The third-order valence-electron chi connectivity index (χ3n) is 6.09. The summed E-state index contributed by atoms with van der Waals surface area (Å²) < 4.78 is 41.2. The third kappa shape index (κ3) is 5.63. The molecular formula is C23H30F3N3O3. The minimum Gasteiger partial charge on any atom is -0.406 e. The van der Waals surface area contributed by atoms with Crippen molar-refractivity contribution < 1.29 is 28.1 Å². The smallest absolute Gasteiger partial charge is 0.406 e. The van der Waals surface area contributed by atoms with E-state index in [1.807, 2.05) is 6.07 Å². The molecule has 9 heteroatoms. The Balaban J connectivity index is 1.86. The molecule has 2 heterocycles. The van der Waals surface area contributed by atoms with E-state index in [0.717, 1.165) is 30.5 Å². The SMILES string of the molecule is CCC(CC)Cc1c(N2CC(CO)(CO)C2)ccnc1Nc1ccc(OC(F)(F)F)cc1. The van der Waals surface area contributed by atoms with E-state index < -0.39 is 11.8 Å². The fraction of sp³-hybridized carbons (Fsp3) is 0.522. The van der Waals surface area contributed by atoms with E-state index in [2.05, 4.69) is 33.8 Å². The molecule has 3 rings (SSSR count). The van der Waals surface area contributed by atoms with Gasteiger partial charge in [-0.3, -0.25) is 0 Å². The van der Waals surface area contributed by atoms with Crippen molar-refractivity contribution >= 4 is 17.2 Å². The predicted octanol–water partition coefficient (Wildman–Crippen LogP) is 4.49. The van der Waals surface area contributed by atoms with Crippen LogP contribution in [-0.4, -0.2) is 47.9 Å². The van der Waals surface area contributed by atoms with Gasteiger partial charge >= 0.3 is 6.36 Å². The number of aromatic nitrogens is 1. The lowest BCUT2D eigenvalue weighted by atomic mass is 9.80. The van der Waals surface area contributed by atoms with E-state index in [1.165, 1.54) is 24.3 Å². The van der Waals surface area contributed by atoms with E-state index in [1.54, 1.807) is 6.20 Å². The minimum absolute atomic E-state index is 0.0790. The van der Waals surface area contributed by atoms with Crippen LogP contribution in [0.1, 0.15) is 32.3 Å². The number of rotatable bonds is 10. The molecule has 1 aromatic carbocycles. The molecule has 1 saturated heterocycles. The van der Waals surface area contributed by atoms with Gasteiger partial charge in [-0.05, 0) is 42.7 Å². The van der Waals surface area contributed by atoms with Gasteiger partial charge in [-0.25, -0.2) is 4.98 Å². The highest BCUT2D eigenvalue weighted by Gasteiger charge is 2.43. The molecule has 0 bridgehead atoms. The number of nitrogens with one attached hydrogen (secondary N) is 1. The van der Waals surface area contributed by atoms with E-state index >= 15 is 0 Å². The first-order valence-electron chi connectivity index (χ1n) is 10.8. The molecule has 1 aromatic heterocycles. The van der Waals surface area contributed by atoms with Crippen molar-refractivity contribution in [2.45, 2.75) is 39.5 Å². The zero-order chi connectivity index (χ0) is 23.4. The second kappa shape index (κ2) is 9.95. The normalized spacial score (nSPS) is 15.6. The highest BCUT2D eigenvalue weighted by Crippen LogP contribution is 2.39. The third-order valence-corrected chi connectivity index (χ3v) is 6.09. The summed E-state index contributed by atoms with van der Waals surface area (Å²) in [6.45, 7) is 5.21. The number of aliphatic hydroxyl groups is 2. The largest absolute Gasteiger partial charge is 0.573 e. The number of halogens is 3.